The van der Waals surface area contributed by atoms with Crippen molar-refractivity contribution >= 4 is 11.8 Å². The molecule has 1 N–H and O–H groups in total. The van der Waals surface area contributed by atoms with Gasteiger partial charge in [0.25, 0.3) is 0 Å². The Kier molecular flexibility index (Phi) is 6.45. The van der Waals surface area contributed by atoms with Gasteiger partial charge in [-0.25, -0.2) is 0 Å². The number of hydrogen-bond acceptors (Lipinski definition) is 5. The first kappa shape index (κ1) is 20.5. The molecule has 0 aromatic carbocycles. The van der Waals surface area contributed by atoms with Crippen LogP contribution in [0.4, 0.5) is 0 Å². The molecule has 156 valence electrons. The van der Waals surface area contributed by atoms with Gasteiger partial charge in [-0.3, -0.25) is 0 Å². The number of likely N-dealkylation sites (tertiary alicyclic amines) is 1. The Hall–Kier alpha value is 0.190. The molecule has 5 heteroatoms. The number of piperidine rings is 1. The Labute approximate surface area is 169 Å². The molecule has 2 saturated heterocycles. The van der Waals surface area contributed by atoms with E-state index in [-0.39, 0.29) is 6.10 Å². The second kappa shape index (κ2) is 8.51. The van der Waals surface area contributed by atoms with Crippen LogP contribution in [0.1, 0.15) is 58.3 Å². The minimum atomic E-state index is -0.555. The second-order valence-electron chi connectivity index (χ2n) is 9.41. The molecule has 4 aliphatic rings. The van der Waals surface area contributed by atoms with Crippen molar-refractivity contribution in [2.45, 2.75) is 86.6 Å². The van der Waals surface area contributed by atoms with Crippen LogP contribution >= 0.6 is 11.8 Å². The number of hydrogen-bond donors (Lipinski definition) is 1. The minimum Gasteiger partial charge on any atom is -0.389 e. The van der Waals surface area contributed by atoms with Gasteiger partial charge in [0.2, 0.25) is 0 Å². The van der Waals surface area contributed by atoms with Crippen LogP contribution in [0.2, 0.25) is 0 Å². The lowest BCUT2D eigenvalue weighted by Gasteiger charge is -2.61. The third-order valence-electron chi connectivity index (χ3n) is 8.08. The van der Waals surface area contributed by atoms with Gasteiger partial charge in [-0.1, -0.05) is 0 Å². The van der Waals surface area contributed by atoms with Crippen molar-refractivity contribution in [1.29, 1.82) is 0 Å². The van der Waals surface area contributed by atoms with Gasteiger partial charge in [-0.2, -0.15) is 11.8 Å². The first-order chi connectivity index (χ1) is 13.1. The van der Waals surface area contributed by atoms with Gasteiger partial charge in [0.1, 0.15) is 0 Å². The number of nitrogens with zero attached hydrogens (tertiary/aromatic N) is 1. The molecule has 7 atom stereocenters. The molecule has 4 nitrogen and oxygen atoms in total. The van der Waals surface area contributed by atoms with Crippen LogP contribution in [0, 0.1) is 17.8 Å². The predicted molar refractivity (Wildman–Crippen MR) is 111 cm³/mol. The first-order valence-corrected chi connectivity index (χ1v) is 12.2. The summed E-state index contributed by atoms with van der Waals surface area (Å²) in [7, 11) is 4.08. The summed E-state index contributed by atoms with van der Waals surface area (Å²) in [6.07, 6.45) is 9.84. The Morgan fingerprint density at radius 2 is 1.85 bits per heavy atom. The molecule has 0 aromatic rings. The van der Waals surface area contributed by atoms with Gasteiger partial charge < -0.3 is 19.5 Å². The number of aliphatic hydroxyl groups is 1. The van der Waals surface area contributed by atoms with E-state index in [1.54, 1.807) is 0 Å². The maximum absolute atomic E-state index is 12.5. The van der Waals surface area contributed by atoms with Gasteiger partial charge in [0, 0.05) is 36.1 Å². The van der Waals surface area contributed by atoms with Crippen LogP contribution in [0.15, 0.2) is 0 Å². The van der Waals surface area contributed by atoms with Crippen LogP contribution in [-0.4, -0.2) is 72.2 Å². The van der Waals surface area contributed by atoms with Crippen molar-refractivity contribution in [3.8, 4) is 0 Å². The normalized spacial score (nSPS) is 46.7. The largest absolute Gasteiger partial charge is 0.389 e. The summed E-state index contributed by atoms with van der Waals surface area (Å²) in [5.74, 6) is 1.14. The summed E-state index contributed by atoms with van der Waals surface area (Å²) < 4.78 is 12.0. The second-order valence-corrected chi connectivity index (χ2v) is 10.9. The van der Waals surface area contributed by atoms with Crippen molar-refractivity contribution in [1.82, 2.24) is 4.90 Å². The molecule has 2 heterocycles. The lowest BCUT2D eigenvalue weighted by molar-refractivity contribution is -0.183. The van der Waals surface area contributed by atoms with Gasteiger partial charge in [0.05, 0.1) is 17.8 Å². The van der Waals surface area contributed by atoms with Crippen molar-refractivity contribution in [2.24, 2.45) is 17.8 Å². The van der Waals surface area contributed by atoms with Crippen LogP contribution in [-0.2, 0) is 9.47 Å². The topological polar surface area (TPSA) is 41.9 Å². The van der Waals surface area contributed by atoms with E-state index in [4.69, 9.17) is 9.47 Å². The van der Waals surface area contributed by atoms with E-state index in [9.17, 15) is 5.11 Å². The first-order valence-electron chi connectivity index (χ1n) is 11.3. The van der Waals surface area contributed by atoms with Crippen molar-refractivity contribution in [2.75, 3.05) is 33.9 Å². The molecule has 4 rings (SSSR count). The summed E-state index contributed by atoms with van der Waals surface area (Å²) in [5, 5.41) is 13.6. The van der Waals surface area contributed by atoms with Gasteiger partial charge >= 0.3 is 0 Å². The standard InChI is InChI=1S/C22H39NO3S/c1-4-26-16-8-9-17-20(14-16)27-19-7-5-6-18(25-3)21(19)22(17,24)15-10-12-23(2)13-11-15/h15-21,24H,4-14H2,1-3H3. The van der Waals surface area contributed by atoms with E-state index >= 15 is 0 Å². The van der Waals surface area contributed by atoms with E-state index in [1.165, 1.54) is 12.8 Å². The lowest BCUT2D eigenvalue weighted by atomic mass is 9.57. The average molecular weight is 398 g/mol. The Bertz CT molecular complexity index is 498. The maximum atomic E-state index is 12.5. The maximum Gasteiger partial charge on any atom is 0.0778 e. The van der Waals surface area contributed by atoms with Crippen LogP contribution in [0.25, 0.3) is 0 Å². The zero-order valence-corrected chi connectivity index (χ0v) is 18.3. The Morgan fingerprint density at radius 1 is 1.07 bits per heavy atom. The van der Waals surface area contributed by atoms with E-state index < -0.39 is 5.60 Å². The number of ether oxygens (including phenoxy) is 2. The molecule has 27 heavy (non-hydrogen) atoms. The van der Waals surface area contributed by atoms with Crippen LogP contribution in [0.3, 0.4) is 0 Å². The fourth-order valence-electron chi connectivity index (χ4n) is 6.81. The average Bonchev–Trinajstić information content (AvgIpc) is 2.68. The minimum absolute atomic E-state index is 0.228. The zero-order valence-electron chi connectivity index (χ0n) is 17.4. The molecular formula is C22H39NO3S. The molecule has 0 bridgehead atoms. The van der Waals surface area contributed by atoms with Crippen molar-refractivity contribution in [3.63, 3.8) is 0 Å². The van der Waals surface area contributed by atoms with E-state index in [0.717, 1.165) is 58.2 Å². The number of rotatable bonds is 4. The summed E-state index contributed by atoms with van der Waals surface area (Å²) in [6.45, 7) is 5.15. The van der Waals surface area contributed by atoms with E-state index in [2.05, 4.69) is 30.6 Å². The summed E-state index contributed by atoms with van der Waals surface area (Å²) in [6, 6.07) is 0. The molecule has 0 spiro atoms. The highest BCUT2D eigenvalue weighted by atomic mass is 32.2. The monoisotopic (exact) mass is 397 g/mol. The fraction of sp³-hybridized carbons (Fsp3) is 1.00. The predicted octanol–water partition coefficient (Wildman–Crippen LogP) is 3.56. The van der Waals surface area contributed by atoms with Crippen molar-refractivity contribution in [3.05, 3.63) is 0 Å². The van der Waals surface area contributed by atoms with E-state index in [0.29, 0.717) is 34.4 Å². The summed E-state index contributed by atoms with van der Waals surface area (Å²) in [4.78, 5) is 2.42. The molecule has 4 fully saturated rings. The smallest absolute Gasteiger partial charge is 0.0778 e. The summed E-state index contributed by atoms with van der Waals surface area (Å²) in [5.41, 5.74) is -0.555. The zero-order chi connectivity index (χ0) is 19.0. The van der Waals surface area contributed by atoms with Crippen molar-refractivity contribution < 1.29 is 14.6 Å². The molecule has 0 radical (unpaired) electrons. The van der Waals surface area contributed by atoms with Gasteiger partial charge in [0.15, 0.2) is 0 Å². The summed E-state index contributed by atoms with van der Waals surface area (Å²) >= 11 is 2.18. The highest BCUT2D eigenvalue weighted by molar-refractivity contribution is 8.00. The highest BCUT2D eigenvalue weighted by Crippen LogP contribution is 2.59. The van der Waals surface area contributed by atoms with Gasteiger partial charge in [-0.15, -0.1) is 0 Å². The molecule has 2 saturated carbocycles. The quantitative estimate of drug-likeness (QED) is 0.786. The highest BCUT2D eigenvalue weighted by Gasteiger charge is 2.61. The number of fused-ring (bicyclic) bond motifs is 2. The molecule has 0 amide bonds. The van der Waals surface area contributed by atoms with Crippen LogP contribution < -0.4 is 0 Å². The molecule has 0 aromatic heterocycles. The fourth-order valence-corrected chi connectivity index (χ4v) is 8.99. The third kappa shape index (κ3) is 3.72. The molecular weight excluding hydrogens is 358 g/mol. The van der Waals surface area contributed by atoms with Crippen LogP contribution in [0.5, 0.6) is 0 Å². The number of methoxy groups -OCH3 is 1. The lowest BCUT2D eigenvalue weighted by Crippen LogP contribution is -2.66. The molecule has 2 aliphatic heterocycles. The Balaban J connectivity index is 1.64. The molecule has 2 aliphatic carbocycles. The van der Waals surface area contributed by atoms with E-state index in [1.807, 2.05) is 7.11 Å². The molecule has 7 unspecified atom stereocenters. The Morgan fingerprint density at radius 3 is 2.56 bits per heavy atom. The third-order valence-corrected chi connectivity index (χ3v) is 9.83. The SMILES string of the molecule is CCOC1CCC2C(C1)SC1CCCC(OC)C1C2(O)C1CCN(C)CC1. The van der Waals surface area contributed by atoms with Gasteiger partial charge in [-0.05, 0) is 84.3 Å². The number of thioether (sulfide) groups is 1.